The summed E-state index contributed by atoms with van der Waals surface area (Å²) >= 11 is 3.22. The molecule has 0 heterocycles. The average molecular weight is 324 g/mol. The Hall–Kier alpha value is -1.39. The molecule has 2 N–H and O–H groups in total. The van der Waals surface area contributed by atoms with Gasteiger partial charge in [0.05, 0.1) is 0 Å². The van der Waals surface area contributed by atoms with Crippen molar-refractivity contribution in [2.24, 2.45) is 5.73 Å². The van der Waals surface area contributed by atoms with Gasteiger partial charge in [0.15, 0.2) is 11.6 Å². The molecule has 2 aromatic rings. The molecule has 0 aliphatic heterocycles. The molecular formula is C15H15BrFNO. The summed E-state index contributed by atoms with van der Waals surface area (Å²) in [5, 5.41) is 0. The zero-order valence-corrected chi connectivity index (χ0v) is 12.2. The Morgan fingerprint density at radius 1 is 1.21 bits per heavy atom. The number of ether oxygens (including phenoxy) is 1. The van der Waals surface area contributed by atoms with Crippen LogP contribution in [-0.2, 0) is 6.42 Å². The summed E-state index contributed by atoms with van der Waals surface area (Å²) < 4.78 is 20.1. The monoisotopic (exact) mass is 323 g/mol. The molecule has 100 valence electrons. The molecule has 0 spiro atoms. The van der Waals surface area contributed by atoms with Crippen LogP contribution < -0.4 is 10.5 Å². The van der Waals surface area contributed by atoms with E-state index in [4.69, 9.17) is 10.5 Å². The van der Waals surface area contributed by atoms with Crippen LogP contribution in [0.25, 0.3) is 0 Å². The maximum Gasteiger partial charge on any atom is 0.166 e. The van der Waals surface area contributed by atoms with Crippen LogP contribution in [0.3, 0.4) is 0 Å². The van der Waals surface area contributed by atoms with Crippen LogP contribution in [0.2, 0.25) is 0 Å². The summed E-state index contributed by atoms with van der Waals surface area (Å²) in [6.07, 6.45) is 0.689. The summed E-state index contributed by atoms with van der Waals surface area (Å²) in [5.41, 5.74) is 6.77. The Labute approximate surface area is 120 Å². The van der Waals surface area contributed by atoms with Crippen molar-refractivity contribution in [2.75, 3.05) is 0 Å². The summed E-state index contributed by atoms with van der Waals surface area (Å²) in [6.45, 7) is 1.93. The fourth-order valence-electron chi connectivity index (χ4n) is 1.80. The van der Waals surface area contributed by atoms with Crippen LogP contribution in [0, 0.1) is 5.82 Å². The Bertz CT molecular complexity index is 572. The molecule has 0 aromatic heterocycles. The zero-order valence-electron chi connectivity index (χ0n) is 10.6. The highest BCUT2D eigenvalue weighted by atomic mass is 79.9. The molecule has 2 rings (SSSR count). The molecule has 0 saturated carbocycles. The number of hydrogen-bond acceptors (Lipinski definition) is 2. The van der Waals surface area contributed by atoms with E-state index in [1.807, 2.05) is 31.2 Å². The van der Waals surface area contributed by atoms with Crippen LogP contribution in [-0.4, -0.2) is 6.04 Å². The van der Waals surface area contributed by atoms with Crippen LogP contribution in [0.5, 0.6) is 11.5 Å². The third-order valence-corrected chi connectivity index (χ3v) is 3.12. The smallest absolute Gasteiger partial charge is 0.166 e. The molecule has 1 atom stereocenters. The van der Waals surface area contributed by atoms with Gasteiger partial charge in [-0.1, -0.05) is 34.1 Å². The minimum Gasteiger partial charge on any atom is -0.454 e. The number of benzene rings is 2. The van der Waals surface area contributed by atoms with Crippen LogP contribution in [0.15, 0.2) is 46.9 Å². The van der Waals surface area contributed by atoms with Crippen molar-refractivity contribution in [1.29, 1.82) is 0 Å². The molecule has 0 radical (unpaired) electrons. The van der Waals surface area contributed by atoms with Gasteiger partial charge in [0, 0.05) is 10.5 Å². The molecule has 0 amide bonds. The first-order valence-electron chi connectivity index (χ1n) is 6.02. The van der Waals surface area contributed by atoms with Gasteiger partial charge in [0.2, 0.25) is 0 Å². The van der Waals surface area contributed by atoms with Crippen LogP contribution in [0.1, 0.15) is 12.5 Å². The van der Waals surface area contributed by atoms with Crippen LogP contribution >= 0.6 is 15.9 Å². The largest absolute Gasteiger partial charge is 0.454 e. The zero-order chi connectivity index (χ0) is 13.8. The van der Waals surface area contributed by atoms with Gasteiger partial charge in [-0.15, -0.1) is 0 Å². The Morgan fingerprint density at radius 3 is 2.63 bits per heavy atom. The predicted octanol–water partition coefficient (Wildman–Crippen LogP) is 4.27. The fraction of sp³-hybridized carbons (Fsp3) is 0.200. The van der Waals surface area contributed by atoms with Gasteiger partial charge in [-0.2, -0.15) is 0 Å². The van der Waals surface area contributed by atoms with Gasteiger partial charge in [-0.3, -0.25) is 0 Å². The van der Waals surface area contributed by atoms with Crippen molar-refractivity contribution in [3.8, 4) is 11.5 Å². The first-order chi connectivity index (χ1) is 9.06. The summed E-state index contributed by atoms with van der Waals surface area (Å²) in [4.78, 5) is 0. The van der Waals surface area contributed by atoms with Gasteiger partial charge in [-0.05, 0) is 43.2 Å². The third kappa shape index (κ3) is 3.78. The topological polar surface area (TPSA) is 35.2 Å². The Morgan fingerprint density at radius 2 is 1.95 bits per heavy atom. The molecular weight excluding hydrogens is 309 g/mol. The normalized spacial score (nSPS) is 12.2. The molecule has 2 aromatic carbocycles. The maximum atomic E-state index is 13.8. The summed E-state index contributed by atoms with van der Waals surface area (Å²) in [6, 6.07) is 12.3. The SMILES string of the molecule is CC(N)Cc1ccccc1Oc1ccc(Br)cc1F. The minimum atomic E-state index is -0.398. The number of rotatable bonds is 4. The Balaban J connectivity index is 2.27. The molecule has 0 aliphatic rings. The standard InChI is InChI=1S/C15H15BrFNO/c1-10(18)8-11-4-2-3-5-14(11)19-15-7-6-12(16)9-13(15)17/h2-7,9-10H,8,18H2,1H3. The lowest BCUT2D eigenvalue weighted by atomic mass is 10.1. The van der Waals surface area contributed by atoms with Gasteiger partial charge >= 0.3 is 0 Å². The third-order valence-electron chi connectivity index (χ3n) is 2.63. The highest BCUT2D eigenvalue weighted by Gasteiger charge is 2.09. The highest BCUT2D eigenvalue weighted by Crippen LogP contribution is 2.29. The van der Waals surface area contributed by atoms with E-state index in [-0.39, 0.29) is 11.8 Å². The summed E-state index contributed by atoms with van der Waals surface area (Å²) in [7, 11) is 0. The lowest BCUT2D eigenvalue weighted by Gasteiger charge is -2.13. The van der Waals surface area contributed by atoms with Crippen molar-refractivity contribution in [3.05, 3.63) is 58.3 Å². The van der Waals surface area contributed by atoms with Crippen LogP contribution in [0.4, 0.5) is 4.39 Å². The van der Waals surface area contributed by atoms with Crippen molar-refractivity contribution < 1.29 is 9.13 Å². The molecule has 19 heavy (non-hydrogen) atoms. The van der Waals surface area contributed by atoms with E-state index in [1.54, 1.807) is 12.1 Å². The van der Waals surface area contributed by atoms with E-state index >= 15 is 0 Å². The van der Waals surface area contributed by atoms with E-state index in [1.165, 1.54) is 6.07 Å². The maximum absolute atomic E-state index is 13.8. The van der Waals surface area contributed by atoms with E-state index in [0.717, 1.165) is 5.56 Å². The van der Waals surface area contributed by atoms with Crippen molar-refractivity contribution in [2.45, 2.75) is 19.4 Å². The van der Waals surface area contributed by atoms with Crippen molar-refractivity contribution >= 4 is 15.9 Å². The van der Waals surface area contributed by atoms with E-state index in [2.05, 4.69) is 15.9 Å². The number of hydrogen-bond donors (Lipinski definition) is 1. The average Bonchev–Trinajstić information content (AvgIpc) is 2.34. The minimum absolute atomic E-state index is 0.0273. The number of nitrogens with two attached hydrogens (primary N) is 1. The van der Waals surface area contributed by atoms with Gasteiger partial charge in [-0.25, -0.2) is 4.39 Å². The van der Waals surface area contributed by atoms with E-state index < -0.39 is 5.82 Å². The number of halogens is 2. The molecule has 4 heteroatoms. The highest BCUT2D eigenvalue weighted by molar-refractivity contribution is 9.10. The predicted molar refractivity (Wildman–Crippen MR) is 78.0 cm³/mol. The molecule has 0 saturated heterocycles. The molecule has 0 fully saturated rings. The van der Waals surface area contributed by atoms with Crippen molar-refractivity contribution in [3.63, 3.8) is 0 Å². The molecule has 2 nitrogen and oxygen atoms in total. The van der Waals surface area contributed by atoms with Gasteiger partial charge in [0.25, 0.3) is 0 Å². The number of para-hydroxylation sites is 1. The first-order valence-corrected chi connectivity index (χ1v) is 6.82. The quantitative estimate of drug-likeness (QED) is 0.911. The summed E-state index contributed by atoms with van der Waals surface area (Å²) in [5.74, 6) is 0.450. The molecule has 0 bridgehead atoms. The second-order valence-corrected chi connectivity index (χ2v) is 5.38. The van der Waals surface area contributed by atoms with Gasteiger partial charge < -0.3 is 10.5 Å². The lowest BCUT2D eigenvalue weighted by molar-refractivity contribution is 0.436. The Kier molecular flexibility index (Phi) is 4.56. The second kappa shape index (κ2) is 6.17. The molecule has 0 aliphatic carbocycles. The van der Waals surface area contributed by atoms with E-state index in [9.17, 15) is 4.39 Å². The second-order valence-electron chi connectivity index (χ2n) is 4.47. The molecule has 1 unspecified atom stereocenters. The van der Waals surface area contributed by atoms with E-state index in [0.29, 0.717) is 16.6 Å². The lowest BCUT2D eigenvalue weighted by Crippen LogP contribution is -2.18. The van der Waals surface area contributed by atoms with Crippen molar-refractivity contribution in [1.82, 2.24) is 0 Å². The fourth-order valence-corrected chi connectivity index (χ4v) is 2.13. The first kappa shape index (κ1) is 14.0. The van der Waals surface area contributed by atoms with Gasteiger partial charge in [0.1, 0.15) is 5.75 Å².